The molecule has 2 aromatic rings. The van der Waals surface area contributed by atoms with E-state index in [4.69, 9.17) is 5.73 Å². The number of benzene rings is 1. The Hall–Kier alpha value is -1.23. The van der Waals surface area contributed by atoms with Crippen molar-refractivity contribution in [3.8, 4) is 0 Å². The molecular weight excluding hydrogens is 242 g/mol. The third-order valence-electron chi connectivity index (χ3n) is 2.87. The van der Waals surface area contributed by atoms with Crippen LogP contribution in [0, 0.1) is 6.92 Å². The molecule has 1 atom stereocenters. The van der Waals surface area contributed by atoms with E-state index in [2.05, 4.69) is 29.4 Å². The second kappa shape index (κ2) is 5.61. The fraction of sp³-hybridized carbons (Fsp3) is 0.357. The van der Waals surface area contributed by atoms with Crippen molar-refractivity contribution in [2.75, 3.05) is 6.54 Å². The summed E-state index contributed by atoms with van der Waals surface area (Å²) >= 11 is 1.72. The molecule has 1 aromatic heterocycles. The van der Waals surface area contributed by atoms with Gasteiger partial charge in [-0.2, -0.15) is 0 Å². The first-order valence-corrected chi connectivity index (χ1v) is 6.86. The summed E-state index contributed by atoms with van der Waals surface area (Å²) in [6, 6.07) is 10.2. The summed E-state index contributed by atoms with van der Waals surface area (Å²) < 4.78 is 0. The zero-order chi connectivity index (χ0) is 13.0. The Morgan fingerprint density at radius 2 is 2.06 bits per heavy atom. The van der Waals surface area contributed by atoms with Gasteiger partial charge in [0.15, 0.2) is 0 Å². The highest BCUT2D eigenvalue weighted by atomic mass is 32.1. The van der Waals surface area contributed by atoms with Crippen LogP contribution in [0.3, 0.4) is 0 Å². The smallest absolute Gasteiger partial charge is 0.107 e. The van der Waals surface area contributed by atoms with Crippen LogP contribution < -0.4 is 11.1 Å². The molecule has 0 amide bonds. The van der Waals surface area contributed by atoms with E-state index in [0.717, 1.165) is 23.7 Å². The van der Waals surface area contributed by atoms with Crippen molar-refractivity contribution in [1.82, 2.24) is 10.3 Å². The summed E-state index contributed by atoms with van der Waals surface area (Å²) in [7, 11) is 0. The Balaban J connectivity index is 1.89. The van der Waals surface area contributed by atoms with Crippen LogP contribution in [0.1, 0.15) is 22.4 Å². The molecule has 96 valence electrons. The summed E-state index contributed by atoms with van der Waals surface area (Å²) in [6.45, 7) is 5.62. The molecule has 0 aliphatic carbocycles. The van der Waals surface area contributed by atoms with Crippen molar-refractivity contribution in [2.24, 2.45) is 5.73 Å². The number of thiazole rings is 1. The van der Waals surface area contributed by atoms with E-state index >= 15 is 0 Å². The summed E-state index contributed by atoms with van der Waals surface area (Å²) in [6.07, 6.45) is 1.90. The first-order chi connectivity index (χ1) is 8.58. The van der Waals surface area contributed by atoms with Gasteiger partial charge in [-0.15, -0.1) is 11.3 Å². The Kier molecular flexibility index (Phi) is 4.11. The van der Waals surface area contributed by atoms with Crippen LogP contribution in [0.15, 0.2) is 36.5 Å². The third kappa shape index (κ3) is 3.38. The summed E-state index contributed by atoms with van der Waals surface area (Å²) in [5.74, 6) is 0. The molecule has 18 heavy (non-hydrogen) atoms. The lowest BCUT2D eigenvalue weighted by molar-refractivity contribution is 0.445. The molecule has 0 saturated carbocycles. The van der Waals surface area contributed by atoms with Gasteiger partial charge in [0.25, 0.3) is 0 Å². The SMILES string of the molecule is Cc1cnc(CNCC(C)(N)c2ccccc2)s1. The molecule has 3 N–H and O–H groups in total. The highest BCUT2D eigenvalue weighted by Gasteiger charge is 2.20. The van der Waals surface area contributed by atoms with E-state index in [1.54, 1.807) is 11.3 Å². The highest BCUT2D eigenvalue weighted by molar-refractivity contribution is 7.11. The first kappa shape index (κ1) is 13.2. The van der Waals surface area contributed by atoms with E-state index in [-0.39, 0.29) is 5.54 Å². The molecule has 0 saturated heterocycles. The molecule has 0 spiro atoms. The summed E-state index contributed by atoms with van der Waals surface area (Å²) in [5.41, 5.74) is 7.12. The van der Waals surface area contributed by atoms with Gasteiger partial charge in [-0.25, -0.2) is 4.98 Å². The van der Waals surface area contributed by atoms with Gasteiger partial charge in [-0.3, -0.25) is 0 Å². The van der Waals surface area contributed by atoms with Gasteiger partial charge in [-0.1, -0.05) is 30.3 Å². The molecule has 3 nitrogen and oxygen atoms in total. The summed E-state index contributed by atoms with van der Waals surface area (Å²) in [4.78, 5) is 5.56. The Morgan fingerprint density at radius 3 is 2.67 bits per heavy atom. The second-order valence-electron chi connectivity index (χ2n) is 4.75. The highest BCUT2D eigenvalue weighted by Crippen LogP contribution is 2.16. The van der Waals surface area contributed by atoms with Crippen molar-refractivity contribution in [2.45, 2.75) is 25.9 Å². The van der Waals surface area contributed by atoms with Gasteiger partial charge in [0.05, 0.1) is 5.54 Å². The van der Waals surface area contributed by atoms with Crippen LogP contribution in [-0.4, -0.2) is 11.5 Å². The predicted molar refractivity (Wildman–Crippen MR) is 76.5 cm³/mol. The van der Waals surface area contributed by atoms with Crippen LogP contribution in [0.2, 0.25) is 0 Å². The molecule has 0 aliphatic heterocycles. The minimum absolute atomic E-state index is 0.354. The molecule has 2 rings (SSSR count). The number of rotatable bonds is 5. The van der Waals surface area contributed by atoms with E-state index in [9.17, 15) is 0 Å². The third-order valence-corrected chi connectivity index (χ3v) is 3.78. The van der Waals surface area contributed by atoms with Crippen LogP contribution >= 0.6 is 11.3 Å². The fourth-order valence-electron chi connectivity index (χ4n) is 1.83. The van der Waals surface area contributed by atoms with Gasteiger partial charge in [0.2, 0.25) is 0 Å². The van der Waals surface area contributed by atoms with E-state index in [0.29, 0.717) is 0 Å². The molecule has 1 unspecified atom stereocenters. The van der Waals surface area contributed by atoms with Crippen molar-refractivity contribution in [3.05, 3.63) is 52.0 Å². The maximum Gasteiger partial charge on any atom is 0.107 e. The zero-order valence-corrected chi connectivity index (χ0v) is 11.6. The van der Waals surface area contributed by atoms with E-state index in [1.165, 1.54) is 4.88 Å². The van der Waals surface area contributed by atoms with Crippen LogP contribution in [0.5, 0.6) is 0 Å². The van der Waals surface area contributed by atoms with E-state index < -0.39 is 0 Å². The molecule has 0 aliphatic rings. The Bertz CT molecular complexity index is 491. The van der Waals surface area contributed by atoms with Gasteiger partial charge in [0, 0.05) is 24.2 Å². The molecule has 0 fully saturated rings. The van der Waals surface area contributed by atoms with Gasteiger partial charge < -0.3 is 11.1 Å². The summed E-state index contributed by atoms with van der Waals surface area (Å²) in [5, 5.41) is 4.48. The number of nitrogens with zero attached hydrogens (tertiary/aromatic N) is 1. The monoisotopic (exact) mass is 261 g/mol. The number of aryl methyl sites for hydroxylation is 1. The standard InChI is InChI=1S/C14H19N3S/c1-11-8-17-13(18-11)9-16-10-14(2,15)12-6-4-3-5-7-12/h3-8,16H,9-10,15H2,1-2H3. The average molecular weight is 261 g/mol. The molecule has 1 aromatic carbocycles. The number of hydrogen-bond donors (Lipinski definition) is 2. The molecular formula is C14H19N3S. The van der Waals surface area contributed by atoms with Crippen LogP contribution in [0.25, 0.3) is 0 Å². The number of nitrogens with one attached hydrogen (secondary N) is 1. The number of aromatic nitrogens is 1. The maximum absolute atomic E-state index is 6.33. The van der Waals surface area contributed by atoms with Crippen LogP contribution in [0.4, 0.5) is 0 Å². The van der Waals surface area contributed by atoms with Crippen molar-refractivity contribution in [3.63, 3.8) is 0 Å². The molecule has 0 bridgehead atoms. The van der Waals surface area contributed by atoms with Crippen molar-refractivity contribution in [1.29, 1.82) is 0 Å². The number of hydrogen-bond acceptors (Lipinski definition) is 4. The van der Waals surface area contributed by atoms with Crippen molar-refractivity contribution >= 4 is 11.3 Å². The Morgan fingerprint density at radius 1 is 1.33 bits per heavy atom. The lowest BCUT2D eigenvalue weighted by Crippen LogP contribution is -2.43. The normalized spacial score (nSPS) is 14.4. The molecule has 1 heterocycles. The Labute approximate surface area is 112 Å². The topological polar surface area (TPSA) is 50.9 Å². The largest absolute Gasteiger partial charge is 0.321 e. The minimum Gasteiger partial charge on any atom is -0.321 e. The predicted octanol–water partition coefficient (Wildman–Crippen LogP) is 2.42. The molecule has 0 radical (unpaired) electrons. The lowest BCUT2D eigenvalue weighted by atomic mass is 9.93. The van der Waals surface area contributed by atoms with Gasteiger partial charge in [0.1, 0.15) is 5.01 Å². The van der Waals surface area contributed by atoms with E-state index in [1.807, 2.05) is 31.3 Å². The quantitative estimate of drug-likeness (QED) is 0.869. The van der Waals surface area contributed by atoms with Gasteiger partial charge in [-0.05, 0) is 19.4 Å². The van der Waals surface area contributed by atoms with Crippen LogP contribution in [-0.2, 0) is 12.1 Å². The fourth-order valence-corrected chi connectivity index (χ4v) is 2.59. The minimum atomic E-state index is -0.354. The first-order valence-electron chi connectivity index (χ1n) is 6.04. The molecule has 4 heteroatoms. The lowest BCUT2D eigenvalue weighted by Gasteiger charge is -2.25. The van der Waals surface area contributed by atoms with Crippen molar-refractivity contribution < 1.29 is 0 Å². The average Bonchev–Trinajstić information content (AvgIpc) is 2.76. The second-order valence-corrected chi connectivity index (χ2v) is 6.07. The van der Waals surface area contributed by atoms with Gasteiger partial charge >= 0.3 is 0 Å². The zero-order valence-electron chi connectivity index (χ0n) is 10.8. The maximum atomic E-state index is 6.33. The number of nitrogens with two attached hydrogens (primary N) is 1.